The Bertz CT molecular complexity index is 715. The number of phenols is 3. The molecule has 0 aliphatic carbocycles. The second-order valence-corrected chi connectivity index (χ2v) is 4.93. The molecule has 0 amide bonds. The Morgan fingerprint density at radius 2 is 1.50 bits per heavy atom. The van der Waals surface area contributed by atoms with Gasteiger partial charge in [0.25, 0.3) is 0 Å². The first-order chi connectivity index (χ1) is 10.6. The van der Waals surface area contributed by atoms with Crippen LogP contribution in [0.1, 0.15) is 11.1 Å². The van der Waals surface area contributed by atoms with E-state index >= 15 is 0 Å². The van der Waals surface area contributed by atoms with E-state index in [0.717, 1.165) is 0 Å². The van der Waals surface area contributed by atoms with E-state index in [1.165, 1.54) is 18.3 Å². The van der Waals surface area contributed by atoms with Gasteiger partial charge in [-0.1, -0.05) is 23.7 Å². The summed E-state index contributed by atoms with van der Waals surface area (Å²) in [4.78, 5) is 8.26. The number of nitrogens with zero attached hydrogens (tertiary/aromatic N) is 2. The maximum absolute atomic E-state index is 9.65. The van der Waals surface area contributed by atoms with Gasteiger partial charge in [0.05, 0.1) is 13.1 Å². The summed E-state index contributed by atoms with van der Waals surface area (Å²) < 4.78 is 0. The Morgan fingerprint density at radius 1 is 0.864 bits per heavy atom. The van der Waals surface area contributed by atoms with Crippen LogP contribution in [0.25, 0.3) is 0 Å². The van der Waals surface area contributed by atoms with Gasteiger partial charge in [0.15, 0.2) is 11.5 Å². The molecule has 0 aliphatic rings. The number of rotatable bonds is 5. The summed E-state index contributed by atoms with van der Waals surface area (Å²) in [6.07, 6.45) is 3.00. The number of para-hydroxylation sites is 1. The van der Waals surface area contributed by atoms with Crippen molar-refractivity contribution in [1.82, 2.24) is 0 Å². The predicted octanol–water partition coefficient (Wildman–Crippen LogP) is 2.99. The fraction of sp³-hybridized carbons (Fsp3) is 0.125. The highest BCUT2D eigenvalue weighted by atomic mass is 35.5. The van der Waals surface area contributed by atoms with Crippen molar-refractivity contribution in [3.05, 3.63) is 52.5 Å². The predicted molar refractivity (Wildman–Crippen MR) is 87.8 cm³/mol. The molecule has 0 spiro atoms. The van der Waals surface area contributed by atoms with E-state index in [2.05, 4.69) is 9.98 Å². The second kappa shape index (κ2) is 7.47. The molecule has 114 valence electrons. The molecule has 2 aromatic carbocycles. The molecule has 0 unspecified atom stereocenters. The van der Waals surface area contributed by atoms with E-state index in [9.17, 15) is 15.3 Å². The van der Waals surface area contributed by atoms with E-state index in [1.54, 1.807) is 24.4 Å². The molecule has 0 bridgehead atoms. The highest BCUT2D eigenvalue weighted by molar-refractivity contribution is 6.31. The van der Waals surface area contributed by atoms with Crippen LogP contribution in [-0.2, 0) is 0 Å². The fourth-order valence-corrected chi connectivity index (χ4v) is 1.96. The van der Waals surface area contributed by atoms with Gasteiger partial charge in [-0.25, -0.2) is 0 Å². The fourth-order valence-electron chi connectivity index (χ4n) is 1.74. The van der Waals surface area contributed by atoms with Gasteiger partial charge in [-0.2, -0.15) is 0 Å². The zero-order chi connectivity index (χ0) is 15.9. The Hall–Kier alpha value is -2.53. The number of aliphatic imine (C=N–C) groups is 2. The standard InChI is InChI=1S/C16H15ClN2O3/c17-13-7-12(16(22)15(21)8-13)10-19-6-5-18-9-11-3-1-2-4-14(11)20/h1-4,7-10,20-22H,5-6H2. The van der Waals surface area contributed by atoms with Crippen molar-refractivity contribution in [3.8, 4) is 17.2 Å². The lowest BCUT2D eigenvalue weighted by molar-refractivity contribution is 0.403. The lowest BCUT2D eigenvalue weighted by atomic mass is 10.2. The van der Waals surface area contributed by atoms with Crippen LogP contribution >= 0.6 is 11.6 Å². The summed E-state index contributed by atoms with van der Waals surface area (Å²) in [5.74, 6) is -0.369. The summed E-state index contributed by atoms with van der Waals surface area (Å²) >= 11 is 5.79. The first-order valence-electron chi connectivity index (χ1n) is 6.57. The van der Waals surface area contributed by atoms with Gasteiger partial charge in [0.2, 0.25) is 0 Å². The van der Waals surface area contributed by atoms with Crippen LogP contribution in [0.3, 0.4) is 0 Å². The molecule has 0 heterocycles. The Kier molecular flexibility index (Phi) is 5.38. The molecular weight excluding hydrogens is 304 g/mol. The minimum atomic E-state index is -0.286. The quantitative estimate of drug-likeness (QED) is 0.450. The van der Waals surface area contributed by atoms with E-state index in [4.69, 9.17) is 11.6 Å². The third-order valence-corrected chi connectivity index (χ3v) is 3.06. The molecule has 6 heteroatoms. The normalized spacial score (nSPS) is 11.5. The third kappa shape index (κ3) is 4.23. The molecule has 2 aromatic rings. The van der Waals surface area contributed by atoms with Gasteiger partial charge in [0, 0.05) is 34.6 Å². The number of phenolic OH excluding ortho intramolecular Hbond substituents is 3. The molecule has 5 nitrogen and oxygen atoms in total. The average molecular weight is 319 g/mol. The molecule has 0 saturated heterocycles. The minimum Gasteiger partial charge on any atom is -0.507 e. The Balaban J connectivity index is 1.90. The first-order valence-corrected chi connectivity index (χ1v) is 6.95. The monoisotopic (exact) mass is 318 g/mol. The zero-order valence-electron chi connectivity index (χ0n) is 11.6. The topological polar surface area (TPSA) is 85.4 Å². The van der Waals surface area contributed by atoms with Crippen molar-refractivity contribution in [2.75, 3.05) is 13.1 Å². The summed E-state index contributed by atoms with van der Waals surface area (Å²) in [5, 5.41) is 29.0. The van der Waals surface area contributed by atoms with E-state index in [0.29, 0.717) is 29.2 Å². The van der Waals surface area contributed by atoms with E-state index in [1.807, 2.05) is 6.07 Å². The number of benzene rings is 2. The van der Waals surface area contributed by atoms with Crippen LogP contribution in [0, 0.1) is 0 Å². The first kappa shape index (κ1) is 15.9. The highest BCUT2D eigenvalue weighted by Crippen LogP contribution is 2.31. The second-order valence-electron chi connectivity index (χ2n) is 4.49. The van der Waals surface area contributed by atoms with Crippen LogP contribution in [0.5, 0.6) is 17.2 Å². The molecule has 0 fully saturated rings. The van der Waals surface area contributed by atoms with Crippen molar-refractivity contribution < 1.29 is 15.3 Å². The lowest BCUT2D eigenvalue weighted by Gasteiger charge is -2.02. The van der Waals surface area contributed by atoms with Crippen LogP contribution in [0.4, 0.5) is 0 Å². The van der Waals surface area contributed by atoms with Crippen molar-refractivity contribution in [3.63, 3.8) is 0 Å². The van der Waals surface area contributed by atoms with Gasteiger partial charge in [0.1, 0.15) is 5.75 Å². The van der Waals surface area contributed by atoms with E-state index < -0.39 is 0 Å². The molecule has 2 rings (SSSR count). The molecule has 0 aromatic heterocycles. The largest absolute Gasteiger partial charge is 0.507 e. The van der Waals surface area contributed by atoms with Crippen LogP contribution in [0.15, 0.2) is 46.4 Å². The van der Waals surface area contributed by atoms with Crippen molar-refractivity contribution in [2.24, 2.45) is 9.98 Å². The molecule has 0 aliphatic heterocycles. The van der Waals surface area contributed by atoms with Crippen molar-refractivity contribution in [2.45, 2.75) is 0 Å². The summed E-state index contributed by atoms with van der Waals surface area (Å²) in [6.45, 7) is 0.828. The average Bonchev–Trinajstić information content (AvgIpc) is 2.49. The third-order valence-electron chi connectivity index (χ3n) is 2.84. The summed E-state index contributed by atoms with van der Waals surface area (Å²) in [5.41, 5.74) is 0.985. The smallest absolute Gasteiger partial charge is 0.166 e. The van der Waals surface area contributed by atoms with E-state index in [-0.39, 0.29) is 17.2 Å². The minimum absolute atomic E-state index is 0.175. The lowest BCUT2D eigenvalue weighted by Crippen LogP contribution is -1.91. The van der Waals surface area contributed by atoms with Gasteiger partial charge in [-0.05, 0) is 18.2 Å². The van der Waals surface area contributed by atoms with Gasteiger partial charge < -0.3 is 15.3 Å². The number of aromatic hydroxyl groups is 3. The van der Waals surface area contributed by atoms with Crippen LogP contribution in [-0.4, -0.2) is 40.8 Å². The van der Waals surface area contributed by atoms with Crippen molar-refractivity contribution in [1.29, 1.82) is 0 Å². The summed E-state index contributed by atoms with van der Waals surface area (Å²) in [7, 11) is 0. The molecule has 22 heavy (non-hydrogen) atoms. The zero-order valence-corrected chi connectivity index (χ0v) is 12.4. The molecule has 3 N–H and O–H groups in total. The SMILES string of the molecule is Oc1ccccc1C=NCCN=Cc1cc(Cl)cc(O)c1O. The maximum Gasteiger partial charge on any atom is 0.166 e. The van der Waals surface area contributed by atoms with Crippen LogP contribution in [0.2, 0.25) is 5.02 Å². The van der Waals surface area contributed by atoms with Gasteiger partial charge >= 0.3 is 0 Å². The van der Waals surface area contributed by atoms with Crippen LogP contribution < -0.4 is 0 Å². The molecule has 0 atom stereocenters. The number of hydrogen-bond donors (Lipinski definition) is 3. The molecular formula is C16H15ClN2O3. The molecule has 0 radical (unpaired) electrons. The number of hydrogen-bond acceptors (Lipinski definition) is 5. The maximum atomic E-state index is 9.65. The Labute approximate surface area is 132 Å². The molecule has 0 saturated carbocycles. The number of halogens is 1. The Morgan fingerprint density at radius 3 is 2.18 bits per heavy atom. The van der Waals surface area contributed by atoms with Gasteiger partial charge in [-0.3, -0.25) is 9.98 Å². The summed E-state index contributed by atoms with van der Waals surface area (Å²) in [6, 6.07) is 9.66. The van der Waals surface area contributed by atoms with Gasteiger partial charge in [-0.15, -0.1) is 0 Å². The van der Waals surface area contributed by atoms with Crippen molar-refractivity contribution >= 4 is 24.0 Å². The highest BCUT2D eigenvalue weighted by Gasteiger charge is 2.06.